The molecule has 1 aliphatic rings. The van der Waals surface area contributed by atoms with Crippen molar-refractivity contribution < 1.29 is 5.11 Å². The minimum absolute atomic E-state index is 0.0906. The molecule has 0 fully saturated rings. The van der Waals surface area contributed by atoms with Crippen molar-refractivity contribution >= 4 is 33.2 Å². The van der Waals surface area contributed by atoms with Crippen molar-refractivity contribution in [2.45, 2.75) is 32.0 Å². The normalized spacial score (nSPS) is 19.1. The number of rotatable bonds is 4. The van der Waals surface area contributed by atoms with Gasteiger partial charge in [-0.2, -0.15) is 0 Å². The molecule has 0 spiro atoms. The Morgan fingerprint density at radius 1 is 1.07 bits per heavy atom. The SMILES string of the molecule is CCc1ccc(C2=N[C@@H](c3ccccc3Cl)N[C@@H](c3cc(Br)ccc3O)C2)cc1. The number of aliphatic imine (C=N–C) groups is 1. The van der Waals surface area contributed by atoms with E-state index < -0.39 is 0 Å². The topological polar surface area (TPSA) is 44.6 Å². The number of halogens is 2. The van der Waals surface area contributed by atoms with Crippen LogP contribution in [0.4, 0.5) is 0 Å². The van der Waals surface area contributed by atoms with Crippen molar-refractivity contribution in [3.8, 4) is 5.75 Å². The highest BCUT2D eigenvalue weighted by atomic mass is 79.9. The summed E-state index contributed by atoms with van der Waals surface area (Å²) in [5.74, 6) is 0.270. The van der Waals surface area contributed by atoms with Crippen molar-refractivity contribution in [2.24, 2.45) is 4.99 Å². The molecule has 0 aliphatic carbocycles. The Balaban J connectivity index is 1.77. The van der Waals surface area contributed by atoms with Crippen LogP contribution in [-0.4, -0.2) is 10.8 Å². The van der Waals surface area contributed by atoms with Crippen LogP contribution >= 0.6 is 27.5 Å². The van der Waals surface area contributed by atoms with Crippen LogP contribution in [0.5, 0.6) is 5.75 Å². The summed E-state index contributed by atoms with van der Waals surface area (Å²) in [5, 5.41) is 14.7. The molecule has 0 amide bonds. The van der Waals surface area contributed by atoms with Gasteiger partial charge in [0.1, 0.15) is 11.9 Å². The Bertz CT molecular complexity index is 1050. The molecule has 2 atom stereocenters. The zero-order chi connectivity index (χ0) is 20.4. The maximum Gasteiger partial charge on any atom is 0.127 e. The molecule has 1 aliphatic heterocycles. The Labute approximate surface area is 184 Å². The molecular weight excluding hydrogens is 448 g/mol. The number of nitrogens with zero attached hydrogens (tertiary/aromatic N) is 1. The second-order valence-corrected chi connectivity index (χ2v) is 8.50. The number of aryl methyl sites for hydroxylation is 1. The molecular formula is C24H22BrClN2O. The highest BCUT2D eigenvalue weighted by molar-refractivity contribution is 9.10. The van der Waals surface area contributed by atoms with Gasteiger partial charge in [0, 0.05) is 38.8 Å². The molecule has 148 valence electrons. The lowest BCUT2D eigenvalue weighted by atomic mass is 9.93. The summed E-state index contributed by atoms with van der Waals surface area (Å²) in [7, 11) is 0. The number of benzene rings is 3. The van der Waals surface area contributed by atoms with Gasteiger partial charge < -0.3 is 5.11 Å². The molecule has 3 aromatic carbocycles. The molecule has 0 saturated carbocycles. The zero-order valence-electron chi connectivity index (χ0n) is 16.1. The first-order valence-corrected chi connectivity index (χ1v) is 10.9. The van der Waals surface area contributed by atoms with Crippen LogP contribution in [0.25, 0.3) is 0 Å². The lowest BCUT2D eigenvalue weighted by Gasteiger charge is -2.31. The average molecular weight is 470 g/mol. The molecule has 0 aromatic heterocycles. The van der Waals surface area contributed by atoms with Crippen LogP contribution in [0.3, 0.4) is 0 Å². The number of phenols is 1. The number of nitrogens with one attached hydrogen (secondary N) is 1. The molecule has 1 heterocycles. The maximum absolute atomic E-state index is 10.5. The molecule has 0 saturated heterocycles. The van der Waals surface area contributed by atoms with E-state index in [1.54, 1.807) is 6.07 Å². The third kappa shape index (κ3) is 4.40. The van der Waals surface area contributed by atoms with Gasteiger partial charge in [0.05, 0.1) is 0 Å². The minimum Gasteiger partial charge on any atom is -0.508 e. The van der Waals surface area contributed by atoms with Crippen LogP contribution in [0, 0.1) is 0 Å². The fourth-order valence-corrected chi connectivity index (χ4v) is 4.29. The van der Waals surface area contributed by atoms with Crippen molar-refractivity contribution in [1.29, 1.82) is 0 Å². The summed E-state index contributed by atoms with van der Waals surface area (Å²) in [6.45, 7) is 2.15. The molecule has 2 N–H and O–H groups in total. The second kappa shape index (κ2) is 8.70. The maximum atomic E-state index is 10.5. The first-order chi connectivity index (χ1) is 14.0. The van der Waals surface area contributed by atoms with Crippen molar-refractivity contribution in [1.82, 2.24) is 5.32 Å². The van der Waals surface area contributed by atoms with E-state index in [2.05, 4.69) is 52.4 Å². The Morgan fingerprint density at radius 3 is 2.55 bits per heavy atom. The van der Waals surface area contributed by atoms with E-state index in [0.29, 0.717) is 11.4 Å². The molecule has 0 bridgehead atoms. The zero-order valence-corrected chi connectivity index (χ0v) is 18.4. The Morgan fingerprint density at radius 2 is 1.83 bits per heavy atom. The smallest absolute Gasteiger partial charge is 0.127 e. The predicted octanol–water partition coefficient (Wildman–Crippen LogP) is 6.59. The summed E-state index contributed by atoms with van der Waals surface area (Å²) >= 11 is 10.00. The summed E-state index contributed by atoms with van der Waals surface area (Å²) in [5.41, 5.74) is 5.16. The third-order valence-electron chi connectivity index (χ3n) is 5.30. The summed E-state index contributed by atoms with van der Waals surface area (Å²) in [6.07, 6.45) is 1.39. The molecule has 4 rings (SSSR count). The third-order valence-corrected chi connectivity index (χ3v) is 6.14. The Kier molecular flexibility index (Phi) is 6.04. The van der Waals surface area contributed by atoms with E-state index in [-0.39, 0.29) is 18.0 Å². The molecule has 0 radical (unpaired) electrons. The van der Waals surface area contributed by atoms with E-state index in [9.17, 15) is 5.11 Å². The van der Waals surface area contributed by atoms with Gasteiger partial charge in [0.2, 0.25) is 0 Å². The highest BCUT2D eigenvalue weighted by Gasteiger charge is 2.28. The number of hydrogen-bond donors (Lipinski definition) is 2. The van der Waals surface area contributed by atoms with Gasteiger partial charge in [-0.15, -0.1) is 0 Å². The van der Waals surface area contributed by atoms with Crippen LogP contribution in [-0.2, 0) is 6.42 Å². The molecule has 0 unspecified atom stereocenters. The average Bonchev–Trinajstić information content (AvgIpc) is 2.75. The van der Waals surface area contributed by atoms with E-state index in [1.807, 2.05) is 36.4 Å². The first kappa shape index (κ1) is 20.1. The number of aromatic hydroxyl groups is 1. The fourth-order valence-electron chi connectivity index (χ4n) is 3.67. The summed E-state index contributed by atoms with van der Waals surface area (Å²) in [6, 6.07) is 21.7. The Hall–Kier alpha value is -2.14. The fraction of sp³-hybridized carbons (Fsp3) is 0.208. The minimum atomic E-state index is -0.290. The first-order valence-electron chi connectivity index (χ1n) is 9.70. The van der Waals surface area contributed by atoms with Gasteiger partial charge in [-0.25, -0.2) is 0 Å². The molecule has 5 heteroatoms. The van der Waals surface area contributed by atoms with Crippen LogP contribution in [0.1, 0.15) is 47.8 Å². The number of phenolic OH excluding ortho intramolecular Hbond substituents is 1. The van der Waals surface area contributed by atoms with Gasteiger partial charge in [0.25, 0.3) is 0 Å². The largest absolute Gasteiger partial charge is 0.508 e. The lowest BCUT2D eigenvalue weighted by molar-refractivity contribution is 0.412. The lowest BCUT2D eigenvalue weighted by Crippen LogP contribution is -2.33. The quantitative estimate of drug-likeness (QED) is 0.452. The van der Waals surface area contributed by atoms with Crippen LogP contribution in [0.2, 0.25) is 5.02 Å². The van der Waals surface area contributed by atoms with Gasteiger partial charge in [0.15, 0.2) is 0 Å². The van der Waals surface area contributed by atoms with Gasteiger partial charge in [-0.1, -0.05) is 76.9 Å². The van der Waals surface area contributed by atoms with Crippen LogP contribution in [0.15, 0.2) is 76.2 Å². The van der Waals surface area contributed by atoms with E-state index in [1.165, 1.54) is 5.56 Å². The van der Waals surface area contributed by atoms with Crippen molar-refractivity contribution in [2.75, 3.05) is 0 Å². The van der Waals surface area contributed by atoms with Gasteiger partial charge in [-0.3, -0.25) is 10.3 Å². The standard InChI is InChI=1S/C24H22BrClN2O/c1-2-15-7-9-16(10-8-15)21-14-22(19-13-17(25)11-12-23(19)29)28-24(27-21)18-5-3-4-6-20(18)26/h3-13,22,24,28-29H,2,14H2,1H3/t22-,24-/m1/s1. The monoisotopic (exact) mass is 468 g/mol. The summed E-state index contributed by atoms with van der Waals surface area (Å²) < 4.78 is 0.928. The second-order valence-electron chi connectivity index (χ2n) is 7.18. The molecule has 29 heavy (non-hydrogen) atoms. The van der Waals surface area contributed by atoms with Crippen molar-refractivity contribution in [3.05, 3.63) is 98.5 Å². The van der Waals surface area contributed by atoms with Gasteiger partial charge >= 0.3 is 0 Å². The van der Waals surface area contributed by atoms with Gasteiger partial charge in [-0.05, 0) is 41.8 Å². The van der Waals surface area contributed by atoms with E-state index >= 15 is 0 Å². The van der Waals surface area contributed by atoms with E-state index in [0.717, 1.165) is 33.3 Å². The molecule has 3 nitrogen and oxygen atoms in total. The number of hydrogen-bond acceptors (Lipinski definition) is 3. The van der Waals surface area contributed by atoms with Crippen molar-refractivity contribution in [3.63, 3.8) is 0 Å². The predicted molar refractivity (Wildman–Crippen MR) is 123 cm³/mol. The molecule has 3 aromatic rings. The van der Waals surface area contributed by atoms with E-state index in [4.69, 9.17) is 16.6 Å². The highest BCUT2D eigenvalue weighted by Crippen LogP contribution is 2.37. The summed E-state index contributed by atoms with van der Waals surface area (Å²) in [4.78, 5) is 4.99. The van der Waals surface area contributed by atoms with Crippen LogP contribution < -0.4 is 5.32 Å².